The van der Waals surface area contributed by atoms with E-state index in [9.17, 15) is 4.79 Å². The lowest BCUT2D eigenvalue weighted by molar-refractivity contribution is 0.0692. The molecule has 2 N–H and O–H groups in total. The van der Waals surface area contributed by atoms with E-state index < -0.39 is 0 Å². The van der Waals surface area contributed by atoms with Gasteiger partial charge in [-0.3, -0.25) is 4.79 Å². The molecule has 0 unspecified atom stereocenters. The van der Waals surface area contributed by atoms with Crippen LogP contribution in [0.4, 0.5) is 5.69 Å². The summed E-state index contributed by atoms with van der Waals surface area (Å²) < 4.78 is 11.5. The van der Waals surface area contributed by atoms with Crippen LogP contribution in [0.15, 0.2) is 42.5 Å². The van der Waals surface area contributed by atoms with Gasteiger partial charge in [0.2, 0.25) is 0 Å². The minimum atomic E-state index is -0.330. The number of hydrogen-bond donors (Lipinski definition) is 2. The summed E-state index contributed by atoms with van der Waals surface area (Å²) in [5.74, 6) is 1.68. The quantitative estimate of drug-likeness (QED) is 0.642. The van der Waals surface area contributed by atoms with Crippen molar-refractivity contribution in [2.45, 2.75) is 51.2 Å². The predicted molar refractivity (Wildman–Crippen MR) is 131 cm³/mol. The maximum Gasteiger partial charge on any atom is 0.253 e. The van der Waals surface area contributed by atoms with Gasteiger partial charge in [-0.15, -0.1) is 0 Å². The Labute approximate surface area is 195 Å². The van der Waals surface area contributed by atoms with E-state index in [-0.39, 0.29) is 17.6 Å². The number of methoxy groups -OCH3 is 1. The van der Waals surface area contributed by atoms with Crippen LogP contribution in [0, 0.1) is 0 Å². The number of anilines is 1. The molecule has 0 aromatic heterocycles. The number of nitrogens with zero attached hydrogens (tertiary/aromatic N) is 1. The third kappa shape index (κ3) is 5.15. The molecule has 1 fully saturated rings. The number of carbonyl (C=O) groups excluding carboxylic acids is 1. The molecule has 2 aliphatic rings. The van der Waals surface area contributed by atoms with Crippen LogP contribution in [0.1, 0.15) is 61.5 Å². The highest BCUT2D eigenvalue weighted by Gasteiger charge is 2.34. The van der Waals surface area contributed by atoms with Gasteiger partial charge in [0, 0.05) is 42.4 Å². The minimum Gasteiger partial charge on any atom is -0.497 e. The number of likely N-dealkylation sites (tertiary alicyclic amines) is 1. The van der Waals surface area contributed by atoms with Crippen LogP contribution >= 0.6 is 12.2 Å². The second-order valence-corrected chi connectivity index (χ2v) is 9.46. The van der Waals surface area contributed by atoms with Crippen molar-refractivity contribution in [3.8, 4) is 11.5 Å². The lowest BCUT2D eigenvalue weighted by Crippen LogP contribution is -2.42. The third-order valence-electron chi connectivity index (χ3n) is 6.02. The van der Waals surface area contributed by atoms with Crippen LogP contribution in [0.3, 0.4) is 0 Å². The molecule has 170 valence electrons. The molecule has 4 rings (SSSR count). The molecule has 0 saturated carbocycles. The Kier molecular flexibility index (Phi) is 6.55. The Morgan fingerprint density at radius 3 is 2.53 bits per heavy atom. The summed E-state index contributed by atoms with van der Waals surface area (Å²) in [7, 11) is 1.65. The van der Waals surface area contributed by atoms with Gasteiger partial charge in [-0.2, -0.15) is 0 Å². The monoisotopic (exact) mass is 453 g/mol. The molecule has 0 spiro atoms. The first kappa shape index (κ1) is 22.4. The van der Waals surface area contributed by atoms with Crippen LogP contribution in [-0.2, 0) is 0 Å². The van der Waals surface area contributed by atoms with E-state index in [1.54, 1.807) is 7.11 Å². The highest BCUT2D eigenvalue weighted by atomic mass is 32.1. The Hall–Kier alpha value is -2.80. The second kappa shape index (κ2) is 9.36. The molecule has 6 nitrogen and oxygen atoms in total. The fourth-order valence-electron chi connectivity index (χ4n) is 4.39. The number of amides is 1. The van der Waals surface area contributed by atoms with Gasteiger partial charge in [0.15, 0.2) is 5.11 Å². The van der Waals surface area contributed by atoms with Gasteiger partial charge in [-0.1, -0.05) is 0 Å². The molecule has 0 aliphatic carbocycles. The molecular weight excluding hydrogens is 422 g/mol. The molecular formula is C25H31N3O3S. The zero-order valence-corrected chi connectivity index (χ0v) is 19.8. The van der Waals surface area contributed by atoms with E-state index in [1.165, 1.54) is 6.42 Å². The maximum atomic E-state index is 12.7. The van der Waals surface area contributed by atoms with E-state index >= 15 is 0 Å². The summed E-state index contributed by atoms with van der Waals surface area (Å²) in [5, 5.41) is 7.21. The molecule has 2 aromatic rings. The number of hydrogen-bond acceptors (Lipinski definition) is 4. The zero-order valence-electron chi connectivity index (χ0n) is 18.9. The number of thiocarbonyl (C=S) groups is 1. The topological polar surface area (TPSA) is 62.8 Å². The van der Waals surface area contributed by atoms with Crippen molar-refractivity contribution in [2.24, 2.45) is 0 Å². The third-order valence-corrected chi connectivity index (χ3v) is 6.24. The second-order valence-electron chi connectivity index (χ2n) is 9.05. The summed E-state index contributed by atoms with van der Waals surface area (Å²) in [6.45, 7) is 5.83. The number of rotatable bonds is 4. The number of fused-ring (bicyclic) bond motifs is 1. The highest BCUT2D eigenvalue weighted by molar-refractivity contribution is 7.80. The highest BCUT2D eigenvalue weighted by Crippen LogP contribution is 2.41. The number of benzene rings is 2. The number of ether oxygens (including phenoxy) is 2. The summed E-state index contributed by atoms with van der Waals surface area (Å²) in [6, 6.07) is 13.4. The molecule has 0 radical (unpaired) electrons. The van der Waals surface area contributed by atoms with Crippen LogP contribution < -0.4 is 20.1 Å². The number of carbonyl (C=O) groups is 1. The van der Waals surface area contributed by atoms with E-state index in [1.807, 2.05) is 47.4 Å². The van der Waals surface area contributed by atoms with Crippen LogP contribution in [0.25, 0.3) is 0 Å². The summed E-state index contributed by atoms with van der Waals surface area (Å²) in [6.07, 6.45) is 4.16. The molecule has 32 heavy (non-hydrogen) atoms. The molecule has 1 atom stereocenters. The summed E-state index contributed by atoms with van der Waals surface area (Å²) in [5.41, 5.74) is 2.28. The first-order valence-corrected chi connectivity index (χ1v) is 11.6. The summed E-state index contributed by atoms with van der Waals surface area (Å²) >= 11 is 5.59. The Bertz CT molecular complexity index is 984. The van der Waals surface area contributed by atoms with Crippen molar-refractivity contribution in [3.05, 3.63) is 53.6 Å². The SMILES string of the molecule is COc1ccc2c(c1)OC(C)(C)C[C@H]2NC(=S)Nc1ccc(C(=O)N2CCCCC2)cc1. The lowest BCUT2D eigenvalue weighted by atomic mass is 9.89. The van der Waals surface area contributed by atoms with Crippen molar-refractivity contribution in [1.29, 1.82) is 0 Å². The Morgan fingerprint density at radius 1 is 1.12 bits per heavy atom. The van der Waals surface area contributed by atoms with Crippen LogP contribution in [0.2, 0.25) is 0 Å². The molecule has 1 amide bonds. The summed E-state index contributed by atoms with van der Waals surface area (Å²) in [4.78, 5) is 14.6. The minimum absolute atomic E-state index is 0.0135. The zero-order chi connectivity index (χ0) is 22.7. The van der Waals surface area contributed by atoms with Gasteiger partial charge in [0.05, 0.1) is 13.2 Å². The number of nitrogens with one attached hydrogen (secondary N) is 2. The Balaban J connectivity index is 1.41. The normalized spacial score (nSPS) is 19.3. The van der Waals surface area contributed by atoms with Gasteiger partial charge in [0.1, 0.15) is 17.1 Å². The molecule has 1 saturated heterocycles. The van der Waals surface area contributed by atoms with E-state index in [0.29, 0.717) is 10.7 Å². The molecule has 2 aliphatic heterocycles. The molecule has 2 aromatic carbocycles. The average molecular weight is 454 g/mol. The van der Waals surface area contributed by atoms with Crippen molar-refractivity contribution in [1.82, 2.24) is 10.2 Å². The van der Waals surface area contributed by atoms with Crippen molar-refractivity contribution < 1.29 is 14.3 Å². The van der Waals surface area contributed by atoms with E-state index in [2.05, 4.69) is 24.5 Å². The largest absolute Gasteiger partial charge is 0.497 e. The van der Waals surface area contributed by atoms with Crippen LogP contribution in [0.5, 0.6) is 11.5 Å². The molecule has 0 bridgehead atoms. The molecule has 2 heterocycles. The van der Waals surface area contributed by atoms with Gasteiger partial charge >= 0.3 is 0 Å². The van der Waals surface area contributed by atoms with Crippen LogP contribution in [-0.4, -0.2) is 41.7 Å². The van der Waals surface area contributed by atoms with Crippen molar-refractivity contribution in [2.75, 3.05) is 25.5 Å². The van der Waals surface area contributed by atoms with Gasteiger partial charge in [0.25, 0.3) is 5.91 Å². The average Bonchev–Trinajstić information content (AvgIpc) is 2.78. The van der Waals surface area contributed by atoms with Gasteiger partial charge in [-0.25, -0.2) is 0 Å². The predicted octanol–water partition coefficient (Wildman–Crippen LogP) is 4.91. The maximum absolute atomic E-state index is 12.7. The first-order valence-electron chi connectivity index (χ1n) is 11.2. The fraction of sp³-hybridized carbons (Fsp3) is 0.440. The first-order chi connectivity index (χ1) is 15.3. The van der Waals surface area contributed by atoms with Crippen molar-refractivity contribution >= 4 is 28.9 Å². The van der Waals surface area contributed by atoms with E-state index in [4.69, 9.17) is 21.7 Å². The smallest absolute Gasteiger partial charge is 0.253 e. The molecule has 7 heteroatoms. The number of piperidine rings is 1. The Morgan fingerprint density at radius 2 is 1.84 bits per heavy atom. The van der Waals surface area contributed by atoms with Crippen molar-refractivity contribution in [3.63, 3.8) is 0 Å². The lowest BCUT2D eigenvalue weighted by Gasteiger charge is -2.38. The van der Waals surface area contributed by atoms with Gasteiger partial charge < -0.3 is 25.0 Å². The van der Waals surface area contributed by atoms with Gasteiger partial charge in [-0.05, 0) is 81.7 Å². The standard InChI is InChI=1S/C25H31N3O3S/c1-25(2)16-21(20-12-11-19(30-3)15-22(20)31-25)27-24(32)26-18-9-7-17(8-10-18)23(29)28-13-5-4-6-14-28/h7-12,15,21H,4-6,13-14,16H2,1-3H3,(H2,26,27,32)/t21-/m1/s1. The van der Waals surface area contributed by atoms with E-state index in [0.717, 1.165) is 55.1 Å². The fourth-order valence-corrected chi connectivity index (χ4v) is 4.65.